The lowest BCUT2D eigenvalue weighted by Gasteiger charge is -2.24. The molecule has 1 atom stereocenters. The normalized spacial score (nSPS) is 16.5. The number of carbonyl (C=O) groups is 1. The van der Waals surface area contributed by atoms with Crippen molar-refractivity contribution in [3.63, 3.8) is 0 Å². The van der Waals surface area contributed by atoms with Gasteiger partial charge in [0, 0.05) is 27.8 Å². The SMILES string of the molecule is CC(CNC(=O)c1ccc(I)c(Cl)c1)N(C)C1CC1. The van der Waals surface area contributed by atoms with E-state index in [2.05, 4.69) is 46.8 Å². The number of likely N-dealkylation sites (N-methyl/N-ethyl adjacent to an activating group) is 1. The molecule has 1 fully saturated rings. The van der Waals surface area contributed by atoms with E-state index in [1.54, 1.807) is 12.1 Å². The van der Waals surface area contributed by atoms with E-state index in [1.807, 2.05) is 6.07 Å². The Bertz CT molecular complexity index is 477. The molecule has 3 nitrogen and oxygen atoms in total. The maximum Gasteiger partial charge on any atom is 0.251 e. The average Bonchev–Trinajstić information content (AvgIpc) is 3.22. The maximum absolute atomic E-state index is 12.0. The van der Waals surface area contributed by atoms with Crippen LogP contribution < -0.4 is 5.32 Å². The molecule has 1 amide bonds. The number of benzene rings is 1. The van der Waals surface area contributed by atoms with Gasteiger partial charge < -0.3 is 5.32 Å². The van der Waals surface area contributed by atoms with Crippen molar-refractivity contribution in [1.29, 1.82) is 0 Å². The topological polar surface area (TPSA) is 32.3 Å². The van der Waals surface area contributed by atoms with E-state index in [9.17, 15) is 4.79 Å². The minimum atomic E-state index is -0.0608. The molecular formula is C14H18ClIN2O. The summed E-state index contributed by atoms with van der Waals surface area (Å²) in [6, 6.07) is 6.44. The molecule has 0 aromatic heterocycles. The maximum atomic E-state index is 12.0. The number of nitrogens with zero attached hydrogens (tertiary/aromatic N) is 1. The Morgan fingerprint density at radius 2 is 2.26 bits per heavy atom. The number of amides is 1. The van der Waals surface area contributed by atoms with Crippen molar-refractivity contribution in [3.05, 3.63) is 32.4 Å². The van der Waals surface area contributed by atoms with Crippen molar-refractivity contribution in [2.45, 2.75) is 31.8 Å². The number of carbonyl (C=O) groups excluding carboxylic acids is 1. The van der Waals surface area contributed by atoms with Gasteiger partial charge in [0.2, 0.25) is 0 Å². The van der Waals surface area contributed by atoms with Gasteiger partial charge in [0.05, 0.1) is 5.02 Å². The first-order chi connectivity index (χ1) is 8.99. The highest BCUT2D eigenvalue weighted by atomic mass is 127. The Balaban J connectivity index is 1.88. The summed E-state index contributed by atoms with van der Waals surface area (Å²) in [4.78, 5) is 14.4. The lowest BCUT2D eigenvalue weighted by Crippen LogP contribution is -2.41. The highest BCUT2D eigenvalue weighted by Gasteiger charge is 2.29. The molecule has 0 bridgehead atoms. The molecule has 1 aromatic rings. The minimum absolute atomic E-state index is 0.0608. The van der Waals surface area contributed by atoms with Crippen LogP contribution in [0.25, 0.3) is 0 Å². The van der Waals surface area contributed by atoms with Crippen LogP contribution in [0.4, 0.5) is 0 Å². The Morgan fingerprint density at radius 3 is 2.84 bits per heavy atom. The van der Waals surface area contributed by atoms with Crippen LogP contribution in [-0.4, -0.2) is 36.5 Å². The molecular weight excluding hydrogens is 375 g/mol. The van der Waals surface area contributed by atoms with Gasteiger partial charge >= 0.3 is 0 Å². The van der Waals surface area contributed by atoms with Gasteiger partial charge in [0.25, 0.3) is 5.91 Å². The van der Waals surface area contributed by atoms with E-state index in [1.165, 1.54) is 12.8 Å². The molecule has 1 saturated carbocycles. The van der Waals surface area contributed by atoms with Crippen LogP contribution in [-0.2, 0) is 0 Å². The molecule has 19 heavy (non-hydrogen) atoms. The van der Waals surface area contributed by atoms with Crippen molar-refractivity contribution in [3.8, 4) is 0 Å². The molecule has 0 radical (unpaired) electrons. The fourth-order valence-electron chi connectivity index (χ4n) is 1.97. The first-order valence-corrected chi connectivity index (χ1v) is 7.90. The summed E-state index contributed by atoms with van der Waals surface area (Å²) in [6.07, 6.45) is 2.56. The molecule has 1 aromatic carbocycles. The number of hydrogen-bond acceptors (Lipinski definition) is 2. The zero-order valence-electron chi connectivity index (χ0n) is 11.1. The van der Waals surface area contributed by atoms with Gasteiger partial charge in [-0.3, -0.25) is 9.69 Å². The molecule has 1 aliphatic rings. The highest BCUT2D eigenvalue weighted by Crippen LogP contribution is 2.26. The van der Waals surface area contributed by atoms with Crippen LogP contribution in [0.5, 0.6) is 0 Å². The monoisotopic (exact) mass is 392 g/mol. The summed E-state index contributed by atoms with van der Waals surface area (Å²) in [7, 11) is 2.12. The summed E-state index contributed by atoms with van der Waals surface area (Å²) in [5, 5.41) is 3.59. The van der Waals surface area contributed by atoms with E-state index >= 15 is 0 Å². The third-order valence-corrected chi connectivity index (χ3v) is 5.13. The average molecular weight is 393 g/mol. The van der Waals surface area contributed by atoms with Gasteiger partial charge in [0.1, 0.15) is 0 Å². The first-order valence-electron chi connectivity index (χ1n) is 6.44. The predicted molar refractivity (Wildman–Crippen MR) is 86.7 cm³/mol. The lowest BCUT2D eigenvalue weighted by atomic mass is 10.2. The summed E-state index contributed by atoms with van der Waals surface area (Å²) in [5.74, 6) is -0.0608. The zero-order chi connectivity index (χ0) is 14.0. The van der Waals surface area contributed by atoms with E-state index in [0.717, 1.165) is 3.57 Å². The molecule has 104 valence electrons. The number of rotatable bonds is 5. The summed E-state index contributed by atoms with van der Waals surface area (Å²) < 4.78 is 0.956. The Morgan fingerprint density at radius 1 is 1.58 bits per heavy atom. The Labute approximate surface area is 132 Å². The molecule has 2 rings (SSSR count). The van der Waals surface area contributed by atoms with E-state index < -0.39 is 0 Å². The third-order valence-electron chi connectivity index (χ3n) is 3.56. The number of halogens is 2. The third kappa shape index (κ3) is 4.07. The first kappa shape index (κ1) is 15.1. The standard InChI is InChI=1S/C14H18ClIN2O/c1-9(18(2)11-4-5-11)8-17-14(19)10-3-6-13(16)12(15)7-10/h3,6-7,9,11H,4-5,8H2,1-2H3,(H,17,19). The molecule has 5 heteroatoms. The Hall–Kier alpha value is -0.330. The van der Waals surface area contributed by atoms with Gasteiger partial charge in [-0.05, 0) is 67.6 Å². The largest absolute Gasteiger partial charge is 0.350 e. The van der Waals surface area contributed by atoms with E-state index in [-0.39, 0.29) is 5.91 Å². The fourth-order valence-corrected chi connectivity index (χ4v) is 2.48. The molecule has 0 saturated heterocycles. The molecule has 0 aliphatic heterocycles. The summed E-state index contributed by atoms with van der Waals surface area (Å²) in [6.45, 7) is 2.80. The van der Waals surface area contributed by atoms with Gasteiger partial charge in [-0.25, -0.2) is 0 Å². The van der Waals surface area contributed by atoms with Crippen molar-refractivity contribution >= 4 is 40.1 Å². The lowest BCUT2D eigenvalue weighted by molar-refractivity contribution is 0.0939. The molecule has 0 spiro atoms. The van der Waals surface area contributed by atoms with Crippen LogP contribution in [0, 0.1) is 3.57 Å². The Kier molecular flexibility index (Phi) is 5.09. The second-order valence-corrected chi connectivity index (χ2v) is 6.65. The van der Waals surface area contributed by atoms with Gasteiger partial charge in [-0.2, -0.15) is 0 Å². The van der Waals surface area contributed by atoms with Crippen LogP contribution in [0.3, 0.4) is 0 Å². The number of hydrogen-bond donors (Lipinski definition) is 1. The van der Waals surface area contributed by atoms with Crippen LogP contribution in [0.15, 0.2) is 18.2 Å². The predicted octanol–water partition coefficient (Wildman–Crippen LogP) is 3.16. The van der Waals surface area contributed by atoms with Gasteiger partial charge in [-0.1, -0.05) is 11.6 Å². The van der Waals surface area contributed by atoms with Crippen molar-refractivity contribution < 1.29 is 4.79 Å². The van der Waals surface area contributed by atoms with Crippen LogP contribution >= 0.6 is 34.2 Å². The second kappa shape index (κ2) is 6.41. The van der Waals surface area contributed by atoms with E-state index in [4.69, 9.17) is 11.6 Å². The van der Waals surface area contributed by atoms with Crippen molar-refractivity contribution in [1.82, 2.24) is 10.2 Å². The second-order valence-electron chi connectivity index (χ2n) is 5.08. The smallest absolute Gasteiger partial charge is 0.251 e. The van der Waals surface area contributed by atoms with Crippen LogP contribution in [0.2, 0.25) is 5.02 Å². The highest BCUT2D eigenvalue weighted by molar-refractivity contribution is 14.1. The summed E-state index contributed by atoms with van der Waals surface area (Å²) in [5.41, 5.74) is 0.617. The molecule has 0 heterocycles. The van der Waals surface area contributed by atoms with E-state index in [0.29, 0.717) is 29.2 Å². The van der Waals surface area contributed by atoms with Crippen LogP contribution in [0.1, 0.15) is 30.1 Å². The fraction of sp³-hybridized carbons (Fsp3) is 0.500. The quantitative estimate of drug-likeness (QED) is 0.781. The van der Waals surface area contributed by atoms with Gasteiger partial charge in [0.15, 0.2) is 0 Å². The minimum Gasteiger partial charge on any atom is -0.350 e. The molecule has 1 N–H and O–H groups in total. The van der Waals surface area contributed by atoms with Crippen molar-refractivity contribution in [2.24, 2.45) is 0 Å². The van der Waals surface area contributed by atoms with Crippen molar-refractivity contribution in [2.75, 3.05) is 13.6 Å². The van der Waals surface area contributed by atoms with Gasteiger partial charge in [-0.15, -0.1) is 0 Å². The molecule has 1 unspecified atom stereocenters. The zero-order valence-corrected chi connectivity index (χ0v) is 14.0. The summed E-state index contributed by atoms with van der Waals surface area (Å²) >= 11 is 8.17. The molecule has 1 aliphatic carbocycles. The number of nitrogens with one attached hydrogen (secondary N) is 1.